The molecule has 1 aromatic carbocycles. The van der Waals surface area contributed by atoms with Gasteiger partial charge in [0, 0.05) is 32.2 Å². The van der Waals surface area contributed by atoms with Crippen molar-refractivity contribution in [2.45, 2.75) is 26.3 Å². The average Bonchev–Trinajstić information content (AvgIpc) is 2.38. The third-order valence-electron chi connectivity index (χ3n) is 3.58. The first-order valence-electron chi connectivity index (χ1n) is 6.90. The molecular formula is C15H24N2O. The maximum Gasteiger partial charge on any atom is 0.122 e. The number of nitrogens with zero attached hydrogens (tertiary/aromatic N) is 1. The van der Waals surface area contributed by atoms with Gasteiger partial charge in [-0.05, 0) is 31.9 Å². The molecule has 1 fully saturated rings. The molecule has 1 N–H and O–H groups in total. The van der Waals surface area contributed by atoms with Crippen LogP contribution in [0.5, 0.6) is 5.75 Å². The minimum Gasteiger partial charge on any atom is -0.493 e. The molecule has 1 unspecified atom stereocenters. The van der Waals surface area contributed by atoms with E-state index in [4.69, 9.17) is 4.74 Å². The third-order valence-corrected chi connectivity index (χ3v) is 3.58. The number of rotatable bonds is 5. The number of para-hydroxylation sites is 1. The van der Waals surface area contributed by atoms with Gasteiger partial charge in [-0.3, -0.25) is 4.90 Å². The van der Waals surface area contributed by atoms with Crippen molar-refractivity contribution in [2.75, 3.05) is 32.8 Å². The Balaban J connectivity index is 1.68. The predicted octanol–water partition coefficient (Wildman–Crippen LogP) is 2.06. The van der Waals surface area contributed by atoms with Crippen LogP contribution in [0.3, 0.4) is 0 Å². The van der Waals surface area contributed by atoms with Gasteiger partial charge in [-0.2, -0.15) is 0 Å². The Kier molecular flexibility index (Phi) is 5.02. The summed E-state index contributed by atoms with van der Waals surface area (Å²) in [5.74, 6) is 1.02. The fourth-order valence-corrected chi connectivity index (χ4v) is 2.38. The van der Waals surface area contributed by atoms with Gasteiger partial charge in [-0.15, -0.1) is 0 Å². The molecular weight excluding hydrogens is 224 g/mol. The zero-order chi connectivity index (χ0) is 12.8. The molecule has 1 heterocycles. The number of piperazine rings is 1. The van der Waals surface area contributed by atoms with Crippen LogP contribution in [0.2, 0.25) is 0 Å². The van der Waals surface area contributed by atoms with E-state index >= 15 is 0 Å². The maximum absolute atomic E-state index is 5.82. The first-order valence-corrected chi connectivity index (χ1v) is 6.90. The van der Waals surface area contributed by atoms with E-state index in [1.807, 2.05) is 18.2 Å². The summed E-state index contributed by atoms with van der Waals surface area (Å²) in [6.07, 6.45) is 1.10. The molecule has 0 saturated carbocycles. The Hall–Kier alpha value is -1.06. The summed E-state index contributed by atoms with van der Waals surface area (Å²) in [6, 6.07) is 8.86. The molecule has 1 aliphatic heterocycles. The number of ether oxygens (including phenoxy) is 1. The number of aryl methyl sites for hydroxylation is 1. The largest absolute Gasteiger partial charge is 0.493 e. The molecule has 0 bridgehead atoms. The van der Waals surface area contributed by atoms with Crippen molar-refractivity contribution in [3.63, 3.8) is 0 Å². The van der Waals surface area contributed by atoms with E-state index in [0.29, 0.717) is 6.04 Å². The SMILES string of the molecule is Cc1ccccc1OCCCN1CCNCC1C. The van der Waals surface area contributed by atoms with Crippen molar-refractivity contribution in [2.24, 2.45) is 0 Å². The minimum absolute atomic E-state index is 0.650. The minimum atomic E-state index is 0.650. The Morgan fingerprint density at radius 1 is 1.39 bits per heavy atom. The van der Waals surface area contributed by atoms with Gasteiger partial charge in [-0.1, -0.05) is 18.2 Å². The summed E-state index contributed by atoms with van der Waals surface area (Å²) < 4.78 is 5.82. The summed E-state index contributed by atoms with van der Waals surface area (Å²) in [4.78, 5) is 2.54. The van der Waals surface area contributed by atoms with E-state index in [9.17, 15) is 0 Å². The lowest BCUT2D eigenvalue weighted by Gasteiger charge is -2.33. The normalized spacial score (nSPS) is 20.9. The van der Waals surface area contributed by atoms with Gasteiger partial charge in [0.15, 0.2) is 0 Å². The first-order chi connectivity index (χ1) is 8.77. The Labute approximate surface area is 110 Å². The standard InChI is InChI=1S/C15H24N2O/c1-13-6-3-4-7-15(13)18-11-5-9-17-10-8-16-12-14(17)2/h3-4,6-7,14,16H,5,8-12H2,1-2H3. The smallest absolute Gasteiger partial charge is 0.122 e. The van der Waals surface area contributed by atoms with Gasteiger partial charge >= 0.3 is 0 Å². The van der Waals surface area contributed by atoms with Crippen molar-refractivity contribution in [3.8, 4) is 5.75 Å². The van der Waals surface area contributed by atoms with Crippen molar-refractivity contribution < 1.29 is 4.74 Å². The summed E-state index contributed by atoms with van der Waals surface area (Å²) in [7, 11) is 0. The molecule has 0 aromatic heterocycles. The van der Waals surface area contributed by atoms with Gasteiger partial charge < -0.3 is 10.1 Å². The van der Waals surface area contributed by atoms with Gasteiger partial charge in [0.2, 0.25) is 0 Å². The lowest BCUT2D eigenvalue weighted by Crippen LogP contribution is -2.50. The van der Waals surface area contributed by atoms with Crippen LogP contribution < -0.4 is 10.1 Å². The summed E-state index contributed by atoms with van der Waals surface area (Å²) in [5, 5.41) is 3.42. The molecule has 0 radical (unpaired) electrons. The second-order valence-electron chi connectivity index (χ2n) is 5.06. The van der Waals surface area contributed by atoms with Crippen molar-refractivity contribution >= 4 is 0 Å². The number of nitrogens with one attached hydrogen (secondary N) is 1. The predicted molar refractivity (Wildman–Crippen MR) is 75.2 cm³/mol. The maximum atomic E-state index is 5.82. The van der Waals surface area contributed by atoms with Crippen LogP contribution in [0.1, 0.15) is 18.9 Å². The summed E-state index contributed by atoms with van der Waals surface area (Å²) in [6.45, 7) is 9.70. The van der Waals surface area contributed by atoms with E-state index in [1.54, 1.807) is 0 Å². The lowest BCUT2D eigenvalue weighted by atomic mass is 10.2. The van der Waals surface area contributed by atoms with Crippen LogP contribution in [-0.4, -0.2) is 43.7 Å². The summed E-state index contributed by atoms with van der Waals surface area (Å²) in [5.41, 5.74) is 1.22. The highest BCUT2D eigenvalue weighted by molar-refractivity contribution is 5.31. The highest BCUT2D eigenvalue weighted by Crippen LogP contribution is 2.16. The number of benzene rings is 1. The van der Waals surface area contributed by atoms with E-state index in [0.717, 1.165) is 45.0 Å². The summed E-state index contributed by atoms with van der Waals surface area (Å²) >= 11 is 0. The molecule has 100 valence electrons. The Bertz CT molecular complexity index is 367. The molecule has 18 heavy (non-hydrogen) atoms. The van der Waals surface area contributed by atoms with E-state index in [1.165, 1.54) is 5.56 Å². The first kappa shape index (κ1) is 13.4. The van der Waals surface area contributed by atoms with E-state index < -0.39 is 0 Å². The monoisotopic (exact) mass is 248 g/mol. The quantitative estimate of drug-likeness (QED) is 0.807. The highest BCUT2D eigenvalue weighted by Gasteiger charge is 2.16. The molecule has 1 saturated heterocycles. The average molecular weight is 248 g/mol. The molecule has 1 aliphatic rings. The van der Waals surface area contributed by atoms with Crippen LogP contribution in [0.25, 0.3) is 0 Å². The van der Waals surface area contributed by atoms with Crippen molar-refractivity contribution in [1.82, 2.24) is 10.2 Å². The zero-order valence-corrected chi connectivity index (χ0v) is 11.5. The van der Waals surface area contributed by atoms with Crippen LogP contribution in [0, 0.1) is 6.92 Å². The van der Waals surface area contributed by atoms with Crippen LogP contribution in [0.4, 0.5) is 0 Å². The van der Waals surface area contributed by atoms with Crippen molar-refractivity contribution in [1.29, 1.82) is 0 Å². The molecule has 3 nitrogen and oxygen atoms in total. The number of hydrogen-bond donors (Lipinski definition) is 1. The Morgan fingerprint density at radius 3 is 3.00 bits per heavy atom. The molecule has 3 heteroatoms. The molecule has 0 spiro atoms. The molecule has 0 aliphatic carbocycles. The van der Waals surface area contributed by atoms with E-state index in [-0.39, 0.29) is 0 Å². The van der Waals surface area contributed by atoms with Crippen LogP contribution >= 0.6 is 0 Å². The van der Waals surface area contributed by atoms with E-state index in [2.05, 4.69) is 30.1 Å². The lowest BCUT2D eigenvalue weighted by molar-refractivity contribution is 0.160. The second-order valence-corrected chi connectivity index (χ2v) is 5.06. The third kappa shape index (κ3) is 3.72. The molecule has 0 amide bonds. The molecule has 1 atom stereocenters. The van der Waals surface area contributed by atoms with Crippen LogP contribution in [0.15, 0.2) is 24.3 Å². The topological polar surface area (TPSA) is 24.5 Å². The zero-order valence-electron chi connectivity index (χ0n) is 11.5. The van der Waals surface area contributed by atoms with Gasteiger partial charge in [-0.25, -0.2) is 0 Å². The van der Waals surface area contributed by atoms with Crippen LogP contribution in [-0.2, 0) is 0 Å². The molecule has 1 aromatic rings. The van der Waals surface area contributed by atoms with Gasteiger partial charge in [0.25, 0.3) is 0 Å². The highest BCUT2D eigenvalue weighted by atomic mass is 16.5. The van der Waals surface area contributed by atoms with Crippen molar-refractivity contribution in [3.05, 3.63) is 29.8 Å². The number of hydrogen-bond acceptors (Lipinski definition) is 3. The fourth-order valence-electron chi connectivity index (χ4n) is 2.38. The Morgan fingerprint density at radius 2 is 2.22 bits per heavy atom. The van der Waals surface area contributed by atoms with Gasteiger partial charge in [0.1, 0.15) is 5.75 Å². The van der Waals surface area contributed by atoms with Gasteiger partial charge in [0.05, 0.1) is 6.61 Å². The second kappa shape index (κ2) is 6.76. The fraction of sp³-hybridized carbons (Fsp3) is 0.600. The molecule has 2 rings (SSSR count).